The third-order valence-corrected chi connectivity index (χ3v) is 2.10. The molecular formula is C11H17N3O2. The van der Waals surface area contributed by atoms with Gasteiger partial charge in [-0.05, 0) is 6.07 Å². The molecule has 1 amide bonds. The van der Waals surface area contributed by atoms with Crippen molar-refractivity contribution in [3.63, 3.8) is 0 Å². The second kappa shape index (κ2) is 6.79. The van der Waals surface area contributed by atoms with Crippen molar-refractivity contribution in [2.24, 2.45) is 0 Å². The van der Waals surface area contributed by atoms with E-state index in [0.717, 1.165) is 0 Å². The van der Waals surface area contributed by atoms with Gasteiger partial charge in [0.25, 0.3) is 5.56 Å². The van der Waals surface area contributed by atoms with Crippen molar-refractivity contribution < 1.29 is 4.79 Å². The number of nitrogens with one attached hydrogen (secondary N) is 2. The zero-order chi connectivity index (χ0) is 11.8. The third kappa shape index (κ3) is 4.75. The molecule has 0 aliphatic rings. The fourth-order valence-corrected chi connectivity index (χ4v) is 1.30. The third-order valence-electron chi connectivity index (χ3n) is 2.10. The van der Waals surface area contributed by atoms with Crippen LogP contribution in [0.3, 0.4) is 0 Å². The van der Waals surface area contributed by atoms with Gasteiger partial charge in [0.2, 0.25) is 5.91 Å². The Balaban J connectivity index is 2.14. The van der Waals surface area contributed by atoms with Crippen molar-refractivity contribution in [3.8, 4) is 0 Å². The number of aromatic nitrogens is 1. The highest BCUT2D eigenvalue weighted by atomic mass is 16.1. The van der Waals surface area contributed by atoms with Crippen LogP contribution < -0.4 is 16.2 Å². The lowest BCUT2D eigenvalue weighted by atomic mass is 10.4. The molecule has 5 heteroatoms. The summed E-state index contributed by atoms with van der Waals surface area (Å²) in [5.41, 5.74) is 0.00570. The Morgan fingerprint density at radius 1 is 1.31 bits per heavy atom. The highest BCUT2D eigenvalue weighted by molar-refractivity contribution is 5.72. The van der Waals surface area contributed by atoms with E-state index in [-0.39, 0.29) is 11.5 Å². The summed E-state index contributed by atoms with van der Waals surface area (Å²) in [6.45, 7) is 4.16. The highest BCUT2D eigenvalue weighted by Crippen LogP contribution is 1.80. The fraction of sp³-hybridized carbons (Fsp3) is 0.455. The van der Waals surface area contributed by atoms with Gasteiger partial charge in [-0.25, -0.2) is 0 Å². The summed E-state index contributed by atoms with van der Waals surface area (Å²) < 4.78 is 1.64. The molecule has 1 aromatic rings. The van der Waals surface area contributed by atoms with E-state index in [1.807, 2.05) is 6.07 Å². The highest BCUT2D eigenvalue weighted by Gasteiger charge is 1.93. The molecule has 1 rings (SSSR count). The minimum absolute atomic E-state index is 0.00570. The first-order valence-corrected chi connectivity index (χ1v) is 5.31. The molecule has 0 atom stereocenters. The van der Waals surface area contributed by atoms with E-state index in [0.29, 0.717) is 26.2 Å². The Kier molecular flexibility index (Phi) is 5.28. The lowest BCUT2D eigenvalue weighted by Gasteiger charge is -2.07. The van der Waals surface area contributed by atoms with E-state index >= 15 is 0 Å². The number of hydrogen-bond donors (Lipinski definition) is 2. The summed E-state index contributed by atoms with van der Waals surface area (Å²) >= 11 is 0. The molecule has 16 heavy (non-hydrogen) atoms. The second-order valence-corrected chi connectivity index (χ2v) is 3.47. The van der Waals surface area contributed by atoms with Crippen molar-refractivity contribution in [3.05, 3.63) is 34.7 Å². The van der Waals surface area contributed by atoms with Crippen molar-refractivity contribution in [2.75, 3.05) is 19.6 Å². The summed E-state index contributed by atoms with van der Waals surface area (Å²) in [5.74, 6) is -0.0268. The van der Waals surface area contributed by atoms with Gasteiger partial charge in [0.05, 0.1) is 0 Å². The first kappa shape index (κ1) is 12.4. The van der Waals surface area contributed by atoms with Crippen molar-refractivity contribution in [1.29, 1.82) is 0 Å². The molecule has 0 aromatic carbocycles. The lowest BCUT2D eigenvalue weighted by molar-refractivity contribution is -0.118. The molecule has 88 valence electrons. The topological polar surface area (TPSA) is 63.1 Å². The standard InChI is InChI=1S/C11H17N3O2/c1-10(15)13-6-5-12-7-9-14-8-3-2-4-11(14)16/h2-4,8,12H,5-7,9H2,1H3,(H,13,15). The summed E-state index contributed by atoms with van der Waals surface area (Å²) in [6.07, 6.45) is 1.76. The molecule has 0 aliphatic heterocycles. The SMILES string of the molecule is CC(=O)NCCNCCn1ccccc1=O. The van der Waals surface area contributed by atoms with Crippen LogP contribution in [0.5, 0.6) is 0 Å². The van der Waals surface area contributed by atoms with E-state index < -0.39 is 0 Å². The average molecular weight is 223 g/mol. The van der Waals surface area contributed by atoms with Gasteiger partial charge in [-0.2, -0.15) is 0 Å². The van der Waals surface area contributed by atoms with E-state index in [9.17, 15) is 9.59 Å². The van der Waals surface area contributed by atoms with Crippen molar-refractivity contribution in [2.45, 2.75) is 13.5 Å². The van der Waals surface area contributed by atoms with Crippen LogP contribution in [0.25, 0.3) is 0 Å². The monoisotopic (exact) mass is 223 g/mol. The van der Waals surface area contributed by atoms with Gasteiger partial charge in [-0.1, -0.05) is 6.07 Å². The Morgan fingerprint density at radius 3 is 2.81 bits per heavy atom. The molecule has 2 N–H and O–H groups in total. The molecule has 0 aliphatic carbocycles. The molecule has 0 unspecified atom stereocenters. The van der Waals surface area contributed by atoms with Gasteiger partial charge in [0, 0.05) is 45.4 Å². The van der Waals surface area contributed by atoms with Crippen LogP contribution >= 0.6 is 0 Å². The predicted octanol–water partition coefficient (Wildman–Crippen LogP) is -0.426. The van der Waals surface area contributed by atoms with E-state index in [4.69, 9.17) is 0 Å². The van der Waals surface area contributed by atoms with Gasteiger partial charge in [0.1, 0.15) is 0 Å². The first-order chi connectivity index (χ1) is 7.70. The predicted molar refractivity (Wildman–Crippen MR) is 62.3 cm³/mol. The molecule has 1 heterocycles. The minimum Gasteiger partial charge on any atom is -0.355 e. The normalized spacial score (nSPS) is 10.1. The van der Waals surface area contributed by atoms with Crippen LogP contribution in [0.2, 0.25) is 0 Å². The van der Waals surface area contributed by atoms with Crippen LogP contribution in [-0.2, 0) is 11.3 Å². The maximum absolute atomic E-state index is 11.3. The van der Waals surface area contributed by atoms with E-state index in [2.05, 4.69) is 10.6 Å². The maximum atomic E-state index is 11.3. The molecule has 0 radical (unpaired) electrons. The van der Waals surface area contributed by atoms with Crippen LogP contribution in [0.15, 0.2) is 29.2 Å². The van der Waals surface area contributed by atoms with Crippen LogP contribution in [0, 0.1) is 0 Å². The summed E-state index contributed by atoms with van der Waals surface area (Å²) in [6, 6.07) is 5.10. The number of carbonyl (C=O) groups is 1. The molecule has 1 aromatic heterocycles. The Labute approximate surface area is 94.5 Å². The largest absolute Gasteiger partial charge is 0.355 e. The summed E-state index contributed by atoms with van der Waals surface area (Å²) in [7, 11) is 0. The molecular weight excluding hydrogens is 206 g/mol. The number of rotatable bonds is 6. The Bertz CT molecular complexity index is 387. The quantitative estimate of drug-likeness (QED) is 0.643. The number of carbonyl (C=O) groups excluding carboxylic acids is 1. The minimum atomic E-state index is -0.0268. The van der Waals surface area contributed by atoms with Crippen molar-refractivity contribution >= 4 is 5.91 Å². The number of amides is 1. The Hall–Kier alpha value is -1.62. The molecule has 0 spiro atoms. The average Bonchev–Trinajstić information content (AvgIpc) is 2.25. The van der Waals surface area contributed by atoms with Crippen molar-refractivity contribution in [1.82, 2.24) is 15.2 Å². The zero-order valence-electron chi connectivity index (χ0n) is 9.40. The summed E-state index contributed by atoms with van der Waals surface area (Å²) in [4.78, 5) is 21.9. The maximum Gasteiger partial charge on any atom is 0.250 e. The van der Waals surface area contributed by atoms with Crippen LogP contribution in [0.1, 0.15) is 6.92 Å². The van der Waals surface area contributed by atoms with E-state index in [1.54, 1.807) is 16.8 Å². The second-order valence-electron chi connectivity index (χ2n) is 3.47. The van der Waals surface area contributed by atoms with Crippen LogP contribution in [-0.4, -0.2) is 30.1 Å². The molecule has 0 saturated heterocycles. The Morgan fingerprint density at radius 2 is 2.12 bits per heavy atom. The summed E-state index contributed by atoms with van der Waals surface area (Å²) in [5, 5.41) is 5.83. The number of pyridine rings is 1. The zero-order valence-corrected chi connectivity index (χ0v) is 9.40. The van der Waals surface area contributed by atoms with Gasteiger partial charge < -0.3 is 15.2 Å². The van der Waals surface area contributed by atoms with Gasteiger partial charge in [0.15, 0.2) is 0 Å². The smallest absolute Gasteiger partial charge is 0.250 e. The lowest BCUT2D eigenvalue weighted by Crippen LogP contribution is -2.33. The van der Waals surface area contributed by atoms with Crippen LogP contribution in [0.4, 0.5) is 0 Å². The molecule has 0 fully saturated rings. The molecule has 5 nitrogen and oxygen atoms in total. The number of hydrogen-bond acceptors (Lipinski definition) is 3. The number of nitrogens with zero attached hydrogens (tertiary/aromatic N) is 1. The van der Waals surface area contributed by atoms with E-state index in [1.165, 1.54) is 13.0 Å². The molecule has 0 saturated carbocycles. The fourth-order valence-electron chi connectivity index (χ4n) is 1.30. The molecule has 0 bridgehead atoms. The van der Waals surface area contributed by atoms with Gasteiger partial charge in [-0.15, -0.1) is 0 Å². The van der Waals surface area contributed by atoms with Gasteiger partial charge in [-0.3, -0.25) is 9.59 Å². The first-order valence-electron chi connectivity index (χ1n) is 5.31. The van der Waals surface area contributed by atoms with Gasteiger partial charge >= 0.3 is 0 Å².